The zero-order valence-corrected chi connectivity index (χ0v) is 17.4. The molecule has 2 heterocycles. The molecule has 1 amide bonds. The fraction of sp³-hybridized carbons (Fsp3) is 0.333. The van der Waals surface area contributed by atoms with Gasteiger partial charge in [0.1, 0.15) is 11.3 Å². The largest absolute Gasteiger partial charge is 0.494 e. The number of carbonyl (C=O) groups is 1. The lowest BCUT2D eigenvalue weighted by atomic mass is 9.98. The number of hydrogen-bond donors (Lipinski definition) is 0. The van der Waals surface area contributed by atoms with E-state index in [9.17, 15) is 9.59 Å². The monoisotopic (exact) mass is 407 g/mol. The highest BCUT2D eigenvalue weighted by atomic mass is 16.5. The van der Waals surface area contributed by atoms with E-state index in [0.29, 0.717) is 42.0 Å². The summed E-state index contributed by atoms with van der Waals surface area (Å²) in [6.07, 6.45) is 0.893. The minimum absolute atomic E-state index is 0.109. The molecule has 2 aromatic carbocycles. The first kappa shape index (κ1) is 20.2. The minimum Gasteiger partial charge on any atom is -0.494 e. The van der Waals surface area contributed by atoms with Crippen LogP contribution in [-0.2, 0) is 4.74 Å². The van der Waals surface area contributed by atoms with E-state index in [4.69, 9.17) is 13.9 Å². The number of ether oxygens (including phenoxy) is 2. The van der Waals surface area contributed by atoms with Crippen LogP contribution in [0.4, 0.5) is 0 Å². The van der Waals surface area contributed by atoms with Crippen molar-refractivity contribution in [2.75, 3.05) is 26.9 Å². The Kier molecular flexibility index (Phi) is 5.59. The van der Waals surface area contributed by atoms with E-state index in [-0.39, 0.29) is 17.1 Å². The third-order valence-electron chi connectivity index (χ3n) is 5.30. The second-order valence-corrected chi connectivity index (χ2v) is 7.49. The topological polar surface area (TPSA) is 69.0 Å². The first-order chi connectivity index (χ1) is 14.5. The van der Waals surface area contributed by atoms with Gasteiger partial charge in [-0.25, -0.2) is 0 Å². The molecule has 6 heteroatoms. The van der Waals surface area contributed by atoms with Gasteiger partial charge in [-0.3, -0.25) is 9.59 Å². The highest BCUT2D eigenvalue weighted by molar-refractivity contribution is 5.99. The van der Waals surface area contributed by atoms with E-state index in [1.165, 1.54) is 0 Å². The first-order valence-corrected chi connectivity index (χ1v) is 10.1. The molecular weight excluding hydrogens is 382 g/mol. The summed E-state index contributed by atoms with van der Waals surface area (Å²) >= 11 is 0. The molecule has 1 aliphatic heterocycles. The van der Waals surface area contributed by atoms with E-state index in [2.05, 4.69) is 0 Å². The van der Waals surface area contributed by atoms with Gasteiger partial charge in [0.15, 0.2) is 5.43 Å². The Labute approximate surface area is 175 Å². The van der Waals surface area contributed by atoms with E-state index in [0.717, 1.165) is 17.5 Å². The molecule has 1 atom stereocenters. The molecule has 1 aliphatic rings. The summed E-state index contributed by atoms with van der Waals surface area (Å²) in [5, 5.41) is 0.485. The van der Waals surface area contributed by atoms with Gasteiger partial charge in [-0.2, -0.15) is 0 Å². The Morgan fingerprint density at radius 3 is 2.70 bits per heavy atom. The lowest BCUT2D eigenvalue weighted by Crippen LogP contribution is -2.32. The lowest BCUT2D eigenvalue weighted by Gasteiger charge is -2.25. The number of rotatable bonds is 7. The predicted octanol–water partition coefficient (Wildman–Crippen LogP) is 4.08. The van der Waals surface area contributed by atoms with Crippen LogP contribution >= 0.6 is 0 Å². The molecule has 30 heavy (non-hydrogen) atoms. The van der Waals surface area contributed by atoms with Gasteiger partial charge in [0.25, 0.3) is 5.91 Å². The van der Waals surface area contributed by atoms with Gasteiger partial charge in [0, 0.05) is 13.7 Å². The molecule has 0 unspecified atom stereocenters. The number of methoxy groups -OCH3 is 1. The van der Waals surface area contributed by atoms with Crippen LogP contribution < -0.4 is 10.2 Å². The van der Waals surface area contributed by atoms with Gasteiger partial charge < -0.3 is 18.8 Å². The van der Waals surface area contributed by atoms with Gasteiger partial charge in [-0.15, -0.1) is 0 Å². The molecule has 0 fully saturated rings. The van der Waals surface area contributed by atoms with Crippen molar-refractivity contribution in [2.45, 2.75) is 26.3 Å². The second kappa shape index (κ2) is 8.32. The zero-order valence-electron chi connectivity index (χ0n) is 17.4. The van der Waals surface area contributed by atoms with Crippen LogP contribution in [0.3, 0.4) is 0 Å². The average Bonchev–Trinajstić information content (AvgIpc) is 3.03. The Morgan fingerprint density at radius 2 is 1.93 bits per heavy atom. The average molecular weight is 407 g/mol. The molecule has 0 bridgehead atoms. The molecule has 6 nitrogen and oxygen atoms in total. The molecule has 0 radical (unpaired) electrons. The van der Waals surface area contributed by atoms with E-state index in [1.54, 1.807) is 18.1 Å². The SMILES string of the molecule is CCCOc1cccc([C@@H]2c3c(oc4ccc(C)cc4c3=O)C(=O)N2CCOC)c1. The summed E-state index contributed by atoms with van der Waals surface area (Å²) in [4.78, 5) is 28.3. The molecule has 0 spiro atoms. The van der Waals surface area contributed by atoms with Gasteiger partial charge in [-0.05, 0) is 43.2 Å². The minimum atomic E-state index is -0.547. The Hall–Kier alpha value is -3.12. The Bertz CT molecular complexity index is 1150. The fourth-order valence-corrected chi connectivity index (χ4v) is 3.90. The number of hydrogen-bond acceptors (Lipinski definition) is 5. The quantitative estimate of drug-likeness (QED) is 0.590. The van der Waals surface area contributed by atoms with Gasteiger partial charge >= 0.3 is 0 Å². The van der Waals surface area contributed by atoms with Crippen molar-refractivity contribution in [1.29, 1.82) is 0 Å². The van der Waals surface area contributed by atoms with Gasteiger partial charge in [-0.1, -0.05) is 30.7 Å². The number of benzene rings is 2. The molecule has 0 saturated heterocycles. The van der Waals surface area contributed by atoms with Crippen LogP contribution in [0.5, 0.6) is 5.75 Å². The van der Waals surface area contributed by atoms with Crippen molar-refractivity contribution in [3.05, 3.63) is 75.1 Å². The number of aryl methyl sites for hydroxylation is 1. The van der Waals surface area contributed by atoms with Crippen LogP contribution in [0.1, 0.15) is 46.6 Å². The van der Waals surface area contributed by atoms with Crippen molar-refractivity contribution in [2.24, 2.45) is 0 Å². The maximum atomic E-state index is 13.5. The number of fused-ring (bicyclic) bond motifs is 2. The zero-order chi connectivity index (χ0) is 21.3. The van der Waals surface area contributed by atoms with Crippen molar-refractivity contribution in [3.63, 3.8) is 0 Å². The standard InChI is InChI=1S/C24H25NO5/c1-4-11-29-17-7-5-6-16(14-17)21-20-22(26)18-13-15(2)8-9-19(18)30-23(20)24(27)25(21)10-12-28-3/h5-9,13-14,21H,4,10-12H2,1-3H3/t21-/m1/s1. The summed E-state index contributed by atoms with van der Waals surface area (Å²) in [5.41, 5.74) is 2.40. The first-order valence-electron chi connectivity index (χ1n) is 10.1. The molecular formula is C24H25NO5. The third kappa shape index (κ3) is 3.48. The molecule has 0 N–H and O–H groups in total. The Balaban J connectivity index is 1.90. The maximum Gasteiger partial charge on any atom is 0.290 e. The van der Waals surface area contributed by atoms with Crippen LogP contribution in [0.25, 0.3) is 11.0 Å². The van der Waals surface area contributed by atoms with Crippen molar-refractivity contribution in [1.82, 2.24) is 4.90 Å². The van der Waals surface area contributed by atoms with E-state index < -0.39 is 6.04 Å². The predicted molar refractivity (Wildman–Crippen MR) is 114 cm³/mol. The van der Waals surface area contributed by atoms with Crippen molar-refractivity contribution >= 4 is 16.9 Å². The summed E-state index contributed by atoms with van der Waals surface area (Å²) in [6.45, 7) is 5.27. The van der Waals surface area contributed by atoms with E-state index in [1.807, 2.05) is 50.2 Å². The molecule has 3 aromatic rings. The Morgan fingerprint density at radius 1 is 1.10 bits per heavy atom. The third-order valence-corrected chi connectivity index (χ3v) is 5.30. The van der Waals surface area contributed by atoms with Crippen molar-refractivity contribution < 1.29 is 18.7 Å². The highest BCUT2D eigenvalue weighted by Gasteiger charge is 2.42. The lowest BCUT2D eigenvalue weighted by molar-refractivity contribution is 0.0663. The van der Waals surface area contributed by atoms with Gasteiger partial charge in [0.05, 0.1) is 30.2 Å². The number of carbonyl (C=O) groups excluding carboxylic acids is 1. The van der Waals surface area contributed by atoms with Crippen LogP contribution in [0, 0.1) is 6.92 Å². The summed E-state index contributed by atoms with van der Waals surface area (Å²) in [7, 11) is 1.59. The van der Waals surface area contributed by atoms with Gasteiger partial charge in [0.2, 0.25) is 5.76 Å². The summed E-state index contributed by atoms with van der Waals surface area (Å²) < 4.78 is 16.9. The maximum absolute atomic E-state index is 13.5. The summed E-state index contributed by atoms with van der Waals surface area (Å²) in [5.74, 6) is 0.520. The van der Waals surface area contributed by atoms with Crippen molar-refractivity contribution in [3.8, 4) is 5.75 Å². The van der Waals surface area contributed by atoms with E-state index >= 15 is 0 Å². The molecule has 0 aliphatic carbocycles. The van der Waals surface area contributed by atoms with Crippen LogP contribution in [0.2, 0.25) is 0 Å². The second-order valence-electron chi connectivity index (χ2n) is 7.49. The highest BCUT2D eigenvalue weighted by Crippen LogP contribution is 2.38. The number of nitrogens with zero attached hydrogens (tertiary/aromatic N) is 1. The number of amides is 1. The molecule has 156 valence electrons. The normalized spacial score (nSPS) is 15.6. The molecule has 4 rings (SSSR count). The molecule has 0 saturated carbocycles. The summed E-state index contributed by atoms with van der Waals surface area (Å²) in [6, 6.07) is 12.4. The van der Waals surface area contributed by atoms with Crippen LogP contribution in [-0.4, -0.2) is 37.7 Å². The van der Waals surface area contributed by atoms with Crippen LogP contribution in [0.15, 0.2) is 51.7 Å². The fourth-order valence-electron chi connectivity index (χ4n) is 3.90. The molecule has 1 aromatic heterocycles. The smallest absolute Gasteiger partial charge is 0.290 e.